The second-order valence-electron chi connectivity index (χ2n) is 7.81. The van der Waals surface area contributed by atoms with Gasteiger partial charge >= 0.3 is 0 Å². The minimum atomic E-state index is 0.0253. The van der Waals surface area contributed by atoms with Crippen LogP contribution in [0.4, 0.5) is 0 Å². The molecule has 1 N–H and O–H groups in total. The number of rotatable bonds is 8. The van der Waals surface area contributed by atoms with Crippen LogP contribution < -0.4 is 4.74 Å². The van der Waals surface area contributed by atoms with Gasteiger partial charge in [-0.25, -0.2) is 0 Å². The Hall–Kier alpha value is -2.66. The lowest BCUT2D eigenvalue weighted by atomic mass is 9.87. The van der Waals surface area contributed by atoms with Crippen LogP contribution in [0.5, 0.6) is 5.75 Å². The van der Waals surface area contributed by atoms with Crippen LogP contribution in [0, 0.1) is 0 Å². The third-order valence-electron chi connectivity index (χ3n) is 5.80. The molecular weight excluding hydrogens is 374 g/mol. The lowest BCUT2D eigenvalue weighted by Crippen LogP contribution is -2.44. The number of likely N-dealkylation sites (tertiary alicyclic amines) is 1. The van der Waals surface area contributed by atoms with Crippen molar-refractivity contribution < 1.29 is 14.6 Å². The topological polar surface area (TPSA) is 41.9 Å². The smallest absolute Gasteiger partial charge is 0.119 e. The van der Waals surface area contributed by atoms with Crippen LogP contribution in [-0.4, -0.2) is 42.5 Å². The highest BCUT2D eigenvalue weighted by Crippen LogP contribution is 2.32. The van der Waals surface area contributed by atoms with Crippen LogP contribution in [-0.2, 0) is 11.3 Å². The molecule has 1 heterocycles. The molecule has 1 aliphatic rings. The Morgan fingerprint density at radius 3 is 2.60 bits per heavy atom. The molecule has 0 saturated carbocycles. The maximum Gasteiger partial charge on any atom is 0.119 e. The van der Waals surface area contributed by atoms with Crippen LogP contribution in [0.2, 0.25) is 0 Å². The minimum Gasteiger partial charge on any atom is -0.490 e. The van der Waals surface area contributed by atoms with Crippen molar-refractivity contribution in [2.75, 3.05) is 26.4 Å². The predicted molar refractivity (Wildman–Crippen MR) is 121 cm³/mol. The number of aliphatic hydroxyl groups excluding tert-OH is 1. The first-order valence-electron chi connectivity index (χ1n) is 10.5. The lowest BCUT2D eigenvalue weighted by Gasteiger charge is -2.37. The van der Waals surface area contributed by atoms with Gasteiger partial charge in [-0.1, -0.05) is 61.2 Å². The molecule has 0 amide bonds. The molecule has 30 heavy (non-hydrogen) atoms. The Balaban J connectivity index is 1.47. The molecule has 0 radical (unpaired) electrons. The summed E-state index contributed by atoms with van der Waals surface area (Å²) in [5.41, 5.74) is 2.42. The van der Waals surface area contributed by atoms with Crippen molar-refractivity contribution in [1.82, 2.24) is 4.90 Å². The number of piperidine rings is 1. The second-order valence-corrected chi connectivity index (χ2v) is 7.81. The first kappa shape index (κ1) is 20.6. The molecule has 1 fully saturated rings. The molecule has 1 aliphatic heterocycles. The highest BCUT2D eigenvalue weighted by molar-refractivity contribution is 5.82. The number of ether oxygens (including phenoxy) is 2. The van der Waals surface area contributed by atoms with Gasteiger partial charge in [-0.05, 0) is 46.5 Å². The Morgan fingerprint density at radius 1 is 1.03 bits per heavy atom. The van der Waals surface area contributed by atoms with E-state index in [0.29, 0.717) is 19.1 Å². The highest BCUT2D eigenvalue weighted by atomic mass is 16.5. The van der Waals surface area contributed by atoms with E-state index in [2.05, 4.69) is 61.2 Å². The lowest BCUT2D eigenvalue weighted by molar-refractivity contribution is -0.0442. The van der Waals surface area contributed by atoms with Crippen LogP contribution >= 0.6 is 0 Å². The van der Waals surface area contributed by atoms with E-state index >= 15 is 0 Å². The van der Waals surface area contributed by atoms with Crippen LogP contribution in [0.15, 0.2) is 79.4 Å². The Bertz CT molecular complexity index is 969. The summed E-state index contributed by atoms with van der Waals surface area (Å²) in [6.07, 6.45) is 2.72. The van der Waals surface area contributed by atoms with Gasteiger partial charge in [0.15, 0.2) is 0 Å². The minimum absolute atomic E-state index is 0.0253. The van der Waals surface area contributed by atoms with E-state index < -0.39 is 0 Å². The number of fused-ring (bicyclic) bond motifs is 1. The fourth-order valence-corrected chi connectivity index (χ4v) is 4.16. The van der Waals surface area contributed by atoms with E-state index in [1.807, 2.05) is 17.0 Å². The zero-order chi connectivity index (χ0) is 20.8. The summed E-state index contributed by atoms with van der Waals surface area (Å²) in [4.78, 5) is 2.04. The third-order valence-corrected chi connectivity index (χ3v) is 5.80. The van der Waals surface area contributed by atoms with Gasteiger partial charge in [0.2, 0.25) is 0 Å². The normalized spacial score (nSPS) is 19.6. The Labute approximate surface area is 178 Å². The van der Waals surface area contributed by atoms with Crippen molar-refractivity contribution in [3.8, 4) is 5.75 Å². The van der Waals surface area contributed by atoms with E-state index in [4.69, 9.17) is 9.47 Å². The van der Waals surface area contributed by atoms with E-state index in [1.165, 1.54) is 21.9 Å². The van der Waals surface area contributed by atoms with Gasteiger partial charge in [0.1, 0.15) is 12.4 Å². The molecule has 0 spiro atoms. The maximum atomic E-state index is 9.63. The van der Waals surface area contributed by atoms with Gasteiger partial charge in [-0.2, -0.15) is 0 Å². The molecule has 2 unspecified atom stereocenters. The molecule has 4 nitrogen and oxygen atoms in total. The zero-order valence-corrected chi connectivity index (χ0v) is 17.2. The number of benzene rings is 3. The SMILES string of the molecule is C=CCOc1ccc(C2CCN(CO)CC2OCc2ccc3ccccc3c2)cc1. The molecule has 3 aromatic rings. The van der Waals surface area contributed by atoms with E-state index in [9.17, 15) is 5.11 Å². The molecule has 4 rings (SSSR count). The summed E-state index contributed by atoms with van der Waals surface area (Å²) < 4.78 is 12.0. The van der Waals surface area contributed by atoms with Crippen molar-refractivity contribution in [2.45, 2.75) is 25.0 Å². The fraction of sp³-hybridized carbons (Fsp3) is 0.308. The Morgan fingerprint density at radius 2 is 1.83 bits per heavy atom. The molecule has 4 heteroatoms. The van der Waals surface area contributed by atoms with Crippen molar-refractivity contribution >= 4 is 10.8 Å². The first-order valence-corrected chi connectivity index (χ1v) is 10.5. The summed E-state index contributed by atoms with van der Waals surface area (Å²) in [5, 5.41) is 12.1. The predicted octanol–water partition coefficient (Wildman–Crippen LogP) is 4.73. The summed E-state index contributed by atoms with van der Waals surface area (Å²) in [6, 6.07) is 23.1. The molecule has 0 aromatic heterocycles. The van der Waals surface area contributed by atoms with Gasteiger partial charge in [-0.15, -0.1) is 0 Å². The molecule has 2 atom stereocenters. The van der Waals surface area contributed by atoms with Crippen molar-refractivity contribution in [2.24, 2.45) is 0 Å². The molecule has 0 bridgehead atoms. The van der Waals surface area contributed by atoms with Crippen molar-refractivity contribution in [3.05, 3.63) is 90.5 Å². The Kier molecular flexibility index (Phi) is 6.80. The largest absolute Gasteiger partial charge is 0.490 e. The monoisotopic (exact) mass is 403 g/mol. The molecule has 156 valence electrons. The van der Waals surface area contributed by atoms with E-state index in [0.717, 1.165) is 25.3 Å². The number of hydrogen-bond acceptors (Lipinski definition) is 4. The average molecular weight is 404 g/mol. The third kappa shape index (κ3) is 4.90. The van der Waals surface area contributed by atoms with Crippen LogP contribution in [0.25, 0.3) is 10.8 Å². The van der Waals surface area contributed by atoms with E-state index in [1.54, 1.807) is 6.08 Å². The summed E-state index contributed by atoms with van der Waals surface area (Å²) >= 11 is 0. The van der Waals surface area contributed by atoms with Gasteiger partial charge in [0, 0.05) is 19.0 Å². The molecule has 3 aromatic carbocycles. The van der Waals surface area contributed by atoms with Crippen molar-refractivity contribution in [3.63, 3.8) is 0 Å². The maximum absolute atomic E-state index is 9.63. The fourth-order valence-electron chi connectivity index (χ4n) is 4.16. The van der Waals surface area contributed by atoms with Crippen LogP contribution in [0.1, 0.15) is 23.5 Å². The number of hydrogen-bond donors (Lipinski definition) is 1. The zero-order valence-electron chi connectivity index (χ0n) is 17.2. The van der Waals surface area contributed by atoms with E-state index in [-0.39, 0.29) is 12.8 Å². The van der Waals surface area contributed by atoms with Gasteiger partial charge in [0.25, 0.3) is 0 Å². The van der Waals surface area contributed by atoms with Gasteiger partial charge < -0.3 is 14.6 Å². The highest BCUT2D eigenvalue weighted by Gasteiger charge is 2.31. The quantitative estimate of drug-likeness (QED) is 0.552. The standard InChI is InChI=1S/C26H29NO3/c1-2-15-29-24-11-9-22(10-12-24)25-13-14-27(19-28)17-26(25)30-18-20-7-8-21-5-3-4-6-23(21)16-20/h2-12,16,25-26,28H,1,13-15,17-19H2. The average Bonchev–Trinajstić information content (AvgIpc) is 2.81. The molecule has 0 aliphatic carbocycles. The molecular formula is C26H29NO3. The summed E-state index contributed by atoms with van der Waals surface area (Å²) in [6.45, 7) is 6.41. The number of nitrogens with zero attached hydrogens (tertiary/aromatic N) is 1. The van der Waals surface area contributed by atoms with Crippen LogP contribution in [0.3, 0.4) is 0 Å². The number of aliphatic hydroxyl groups is 1. The molecule has 1 saturated heterocycles. The summed E-state index contributed by atoms with van der Waals surface area (Å²) in [7, 11) is 0. The van der Waals surface area contributed by atoms with Crippen molar-refractivity contribution in [1.29, 1.82) is 0 Å². The van der Waals surface area contributed by atoms with Gasteiger partial charge in [-0.3, -0.25) is 4.90 Å². The first-order chi connectivity index (χ1) is 14.8. The second kappa shape index (κ2) is 9.90. The summed E-state index contributed by atoms with van der Waals surface area (Å²) in [5.74, 6) is 1.14. The van der Waals surface area contributed by atoms with Gasteiger partial charge in [0.05, 0.1) is 19.4 Å².